The summed E-state index contributed by atoms with van der Waals surface area (Å²) in [5.41, 5.74) is 0. The van der Waals surface area contributed by atoms with Crippen LogP contribution in [0.2, 0.25) is 0 Å². The van der Waals surface area contributed by atoms with Crippen molar-refractivity contribution in [1.82, 2.24) is 14.9 Å². The summed E-state index contributed by atoms with van der Waals surface area (Å²) in [6, 6.07) is 3.26. The fraction of sp³-hybridized carbons (Fsp3) is 0.583. The molecule has 1 atom stereocenters. The maximum absolute atomic E-state index is 11.5. The van der Waals surface area contributed by atoms with Gasteiger partial charge in [0.25, 0.3) is 10.0 Å². The summed E-state index contributed by atoms with van der Waals surface area (Å²) in [7, 11) is -0.418. The van der Waals surface area contributed by atoms with Gasteiger partial charge in [0.05, 0.1) is 6.54 Å². The average Bonchev–Trinajstić information content (AvgIpc) is 2.90. The lowest BCUT2D eigenvalue weighted by Crippen LogP contribution is -2.46. The molecule has 1 aliphatic heterocycles. The van der Waals surface area contributed by atoms with Crippen LogP contribution in [0.1, 0.15) is 18.6 Å². The van der Waals surface area contributed by atoms with E-state index in [2.05, 4.69) is 10.0 Å². The zero-order chi connectivity index (χ0) is 14.8. The highest BCUT2D eigenvalue weighted by Crippen LogP contribution is 2.15. The van der Waals surface area contributed by atoms with Crippen LogP contribution < -0.4 is 10.0 Å². The van der Waals surface area contributed by atoms with Gasteiger partial charge in [-0.25, -0.2) is 13.1 Å². The molecule has 2 N–H and O–H groups in total. The number of nitrogens with one attached hydrogen (secondary N) is 2. The average molecular weight is 301 g/mol. The molecule has 0 saturated carbocycles. The minimum Gasteiger partial charge on any atom is -0.447 e. The summed E-state index contributed by atoms with van der Waals surface area (Å²) >= 11 is 0. The number of carbonyl (C=O) groups excluding carboxylic acids is 1. The van der Waals surface area contributed by atoms with E-state index in [9.17, 15) is 13.2 Å². The van der Waals surface area contributed by atoms with Crippen LogP contribution in [0.5, 0.6) is 0 Å². The Labute approximate surface area is 118 Å². The van der Waals surface area contributed by atoms with Gasteiger partial charge in [-0.3, -0.25) is 4.79 Å². The summed E-state index contributed by atoms with van der Waals surface area (Å²) in [5.74, 6) is 0.710. The highest BCUT2D eigenvalue weighted by molar-refractivity contribution is 7.89. The van der Waals surface area contributed by atoms with Crippen LogP contribution in [0.15, 0.2) is 21.6 Å². The van der Waals surface area contributed by atoms with E-state index < -0.39 is 10.0 Å². The molecule has 1 amide bonds. The van der Waals surface area contributed by atoms with Gasteiger partial charge in [0.2, 0.25) is 11.0 Å². The third-order valence-electron chi connectivity index (χ3n) is 3.36. The summed E-state index contributed by atoms with van der Waals surface area (Å²) in [4.78, 5) is 13.1. The van der Waals surface area contributed by atoms with Crippen LogP contribution in [-0.2, 0) is 21.4 Å². The normalized spacial score (nSPS) is 20.4. The number of carbonyl (C=O) groups is 1. The van der Waals surface area contributed by atoms with Crippen LogP contribution >= 0.6 is 0 Å². The molecule has 0 spiro atoms. The molecular weight excluding hydrogens is 282 g/mol. The first-order chi connectivity index (χ1) is 9.42. The zero-order valence-electron chi connectivity index (χ0n) is 11.5. The molecule has 1 fully saturated rings. The molecule has 0 aromatic carbocycles. The predicted molar refractivity (Wildman–Crippen MR) is 72.5 cm³/mol. The molecule has 1 aromatic heterocycles. The molecule has 1 unspecified atom stereocenters. The van der Waals surface area contributed by atoms with Crippen molar-refractivity contribution < 1.29 is 17.6 Å². The molecule has 112 valence electrons. The van der Waals surface area contributed by atoms with Gasteiger partial charge >= 0.3 is 0 Å². The minimum absolute atomic E-state index is 0.0901. The van der Waals surface area contributed by atoms with E-state index in [-0.39, 0.29) is 17.0 Å². The standard InChI is InChI=1S/C12H19N3O4S/c1-13-20(17,18)12-6-4-10(19-12)7-14-9-3-5-11(16)15(2)8-9/h4,6,9,13-14H,3,5,7-8H2,1-2H3. The molecule has 0 radical (unpaired) electrons. The fourth-order valence-corrected chi connectivity index (χ4v) is 2.79. The number of hydrogen-bond donors (Lipinski definition) is 2. The van der Waals surface area contributed by atoms with Crippen molar-refractivity contribution in [2.24, 2.45) is 0 Å². The second-order valence-electron chi connectivity index (χ2n) is 4.82. The Balaban J connectivity index is 1.91. The van der Waals surface area contributed by atoms with E-state index in [0.717, 1.165) is 6.42 Å². The summed E-state index contributed by atoms with van der Waals surface area (Å²) in [6.45, 7) is 1.09. The number of rotatable bonds is 5. The molecule has 1 aromatic rings. The molecule has 0 bridgehead atoms. The Morgan fingerprint density at radius 2 is 2.20 bits per heavy atom. The van der Waals surface area contributed by atoms with Crippen molar-refractivity contribution in [2.75, 3.05) is 20.6 Å². The van der Waals surface area contributed by atoms with Crippen LogP contribution in [0.4, 0.5) is 0 Å². The third-order valence-corrected chi connectivity index (χ3v) is 4.65. The van der Waals surface area contributed by atoms with Gasteiger partial charge in [0.1, 0.15) is 5.76 Å². The van der Waals surface area contributed by atoms with Crippen molar-refractivity contribution in [1.29, 1.82) is 0 Å². The first-order valence-electron chi connectivity index (χ1n) is 6.42. The first kappa shape index (κ1) is 15.0. The molecule has 20 heavy (non-hydrogen) atoms. The minimum atomic E-state index is -3.53. The second-order valence-corrected chi connectivity index (χ2v) is 6.64. The Hall–Kier alpha value is -1.38. The Morgan fingerprint density at radius 1 is 1.45 bits per heavy atom. The van der Waals surface area contributed by atoms with Gasteiger partial charge in [0, 0.05) is 26.1 Å². The van der Waals surface area contributed by atoms with Crippen molar-refractivity contribution in [2.45, 2.75) is 30.5 Å². The van der Waals surface area contributed by atoms with Crippen molar-refractivity contribution in [3.63, 3.8) is 0 Å². The number of furan rings is 1. The lowest BCUT2D eigenvalue weighted by molar-refractivity contribution is -0.132. The van der Waals surface area contributed by atoms with Gasteiger partial charge in [-0.1, -0.05) is 0 Å². The quantitative estimate of drug-likeness (QED) is 0.792. The van der Waals surface area contributed by atoms with Gasteiger partial charge in [-0.15, -0.1) is 0 Å². The summed E-state index contributed by atoms with van der Waals surface area (Å²) in [5, 5.41) is 3.18. The second kappa shape index (κ2) is 5.94. The van der Waals surface area contributed by atoms with Gasteiger partial charge < -0.3 is 14.6 Å². The Morgan fingerprint density at radius 3 is 2.85 bits per heavy atom. The van der Waals surface area contributed by atoms with E-state index in [0.29, 0.717) is 25.3 Å². The lowest BCUT2D eigenvalue weighted by atomic mass is 10.1. The van der Waals surface area contributed by atoms with Crippen molar-refractivity contribution >= 4 is 15.9 Å². The highest BCUT2D eigenvalue weighted by Gasteiger charge is 2.23. The molecule has 8 heteroatoms. The van der Waals surface area contributed by atoms with E-state index in [1.54, 1.807) is 18.0 Å². The SMILES string of the molecule is CNS(=O)(=O)c1ccc(CNC2CCC(=O)N(C)C2)o1. The number of nitrogens with zero attached hydrogens (tertiary/aromatic N) is 1. The number of likely N-dealkylation sites (N-methyl/N-ethyl adjacent to an activating group) is 1. The van der Waals surface area contributed by atoms with Crippen molar-refractivity contribution in [3.05, 3.63) is 17.9 Å². The highest BCUT2D eigenvalue weighted by atomic mass is 32.2. The fourth-order valence-electron chi connectivity index (χ4n) is 2.12. The number of likely N-dealkylation sites (tertiary alicyclic amines) is 1. The van der Waals surface area contributed by atoms with Crippen LogP contribution in [-0.4, -0.2) is 45.9 Å². The molecule has 0 aliphatic carbocycles. The van der Waals surface area contributed by atoms with E-state index in [1.165, 1.54) is 13.1 Å². The van der Waals surface area contributed by atoms with Crippen LogP contribution in [0.25, 0.3) is 0 Å². The Bertz CT molecular complexity index is 581. The zero-order valence-corrected chi connectivity index (χ0v) is 12.4. The molecule has 1 aliphatic rings. The Kier molecular flexibility index (Phi) is 4.46. The van der Waals surface area contributed by atoms with E-state index >= 15 is 0 Å². The topological polar surface area (TPSA) is 91.7 Å². The van der Waals surface area contributed by atoms with E-state index in [4.69, 9.17) is 4.42 Å². The van der Waals surface area contributed by atoms with E-state index in [1.807, 2.05) is 0 Å². The maximum Gasteiger partial charge on any atom is 0.273 e. The number of amides is 1. The van der Waals surface area contributed by atoms with Gasteiger partial charge in [0.15, 0.2) is 0 Å². The monoisotopic (exact) mass is 301 g/mol. The predicted octanol–water partition coefficient (Wildman–Crippen LogP) is -0.102. The molecule has 2 rings (SSSR count). The van der Waals surface area contributed by atoms with Crippen molar-refractivity contribution in [3.8, 4) is 0 Å². The van der Waals surface area contributed by atoms with Gasteiger partial charge in [-0.2, -0.15) is 0 Å². The summed E-state index contributed by atoms with van der Waals surface area (Å²) < 4.78 is 30.5. The first-order valence-corrected chi connectivity index (χ1v) is 7.90. The molecule has 1 saturated heterocycles. The number of piperidine rings is 1. The third kappa shape index (κ3) is 3.38. The largest absolute Gasteiger partial charge is 0.447 e. The molecular formula is C12H19N3O4S. The summed E-state index contributed by atoms with van der Waals surface area (Å²) in [6.07, 6.45) is 1.32. The van der Waals surface area contributed by atoms with Gasteiger partial charge in [-0.05, 0) is 25.6 Å². The molecule has 7 nitrogen and oxygen atoms in total. The van der Waals surface area contributed by atoms with Crippen LogP contribution in [0.3, 0.4) is 0 Å². The lowest BCUT2D eigenvalue weighted by Gasteiger charge is -2.30. The maximum atomic E-state index is 11.5. The molecule has 2 heterocycles. The number of hydrogen-bond acceptors (Lipinski definition) is 5. The smallest absolute Gasteiger partial charge is 0.273 e. The number of sulfonamides is 1. The van der Waals surface area contributed by atoms with Crippen LogP contribution in [0, 0.1) is 0 Å².